The highest BCUT2D eigenvalue weighted by Gasteiger charge is 2.29. The van der Waals surface area contributed by atoms with E-state index in [-0.39, 0.29) is 19.0 Å². The summed E-state index contributed by atoms with van der Waals surface area (Å²) in [7, 11) is 0. The summed E-state index contributed by atoms with van der Waals surface area (Å²) >= 11 is 0. The smallest absolute Gasteiger partial charge is 0.416 e. The number of quaternary nitrogens is 1. The van der Waals surface area contributed by atoms with E-state index in [0.717, 1.165) is 12.1 Å². The van der Waals surface area contributed by atoms with Crippen LogP contribution in [0.5, 0.6) is 0 Å². The largest absolute Gasteiger partial charge is 1.00 e. The molecule has 6 heteroatoms. The molecule has 2 nitrogen and oxygen atoms in total. The van der Waals surface area contributed by atoms with Crippen LogP contribution >= 0.6 is 0 Å². The van der Waals surface area contributed by atoms with E-state index in [1.54, 1.807) is 0 Å². The van der Waals surface area contributed by atoms with E-state index in [9.17, 15) is 13.2 Å². The average molecular weight is 228 g/mol. The molecule has 0 heterocycles. The number of halogens is 4. The molecule has 0 saturated heterocycles. The molecule has 1 aromatic carbocycles. The zero-order chi connectivity index (χ0) is 9.90. The predicted octanol–water partition coefficient (Wildman–Crippen LogP) is -1.62. The summed E-state index contributed by atoms with van der Waals surface area (Å²) in [6.45, 7) is 0.220. The lowest BCUT2D eigenvalue weighted by Gasteiger charge is -2.06. The van der Waals surface area contributed by atoms with Crippen LogP contribution in [0.15, 0.2) is 24.3 Å². The second-order valence-corrected chi connectivity index (χ2v) is 2.54. The summed E-state index contributed by atoms with van der Waals surface area (Å²) in [6, 6.07) is 4.78. The maximum Gasteiger partial charge on any atom is 0.416 e. The number of rotatable bonds is 2. The van der Waals surface area contributed by atoms with E-state index in [4.69, 9.17) is 0 Å². The molecule has 0 aliphatic rings. The van der Waals surface area contributed by atoms with E-state index in [1.165, 1.54) is 12.1 Å². The van der Waals surface area contributed by atoms with Gasteiger partial charge >= 0.3 is 6.18 Å². The van der Waals surface area contributed by atoms with Crippen LogP contribution in [-0.4, -0.2) is 0 Å². The summed E-state index contributed by atoms with van der Waals surface area (Å²) in [5, 5.41) is 0. The van der Waals surface area contributed by atoms with Crippen molar-refractivity contribution >= 4 is 0 Å². The Labute approximate surface area is 85.2 Å². The van der Waals surface area contributed by atoms with E-state index >= 15 is 0 Å². The molecular formula is C8H9ClF3NO. The fourth-order valence-corrected chi connectivity index (χ4v) is 0.908. The van der Waals surface area contributed by atoms with E-state index < -0.39 is 11.7 Å². The van der Waals surface area contributed by atoms with Crippen molar-refractivity contribution in [2.24, 2.45) is 0 Å². The van der Waals surface area contributed by atoms with Gasteiger partial charge in [-0.1, -0.05) is 12.1 Å². The second-order valence-electron chi connectivity index (χ2n) is 2.54. The Kier molecular flexibility index (Phi) is 4.90. The molecule has 0 saturated carbocycles. The van der Waals surface area contributed by atoms with Crippen LogP contribution in [0.2, 0.25) is 0 Å². The first-order valence-corrected chi connectivity index (χ1v) is 3.57. The minimum Gasteiger partial charge on any atom is -1.00 e. The summed E-state index contributed by atoms with van der Waals surface area (Å²) in [4.78, 5) is 4.52. The Morgan fingerprint density at radius 3 is 2.00 bits per heavy atom. The van der Waals surface area contributed by atoms with Gasteiger partial charge in [0.15, 0.2) is 0 Å². The zero-order valence-electron chi connectivity index (χ0n) is 7.14. The molecule has 0 atom stereocenters. The van der Waals surface area contributed by atoms with Gasteiger partial charge in [-0.3, -0.25) is 0 Å². The first kappa shape index (κ1) is 13.2. The molecule has 0 unspecified atom stereocenters. The highest BCUT2D eigenvalue weighted by Crippen LogP contribution is 2.28. The van der Waals surface area contributed by atoms with Gasteiger partial charge in [0, 0.05) is 0 Å². The Morgan fingerprint density at radius 2 is 1.64 bits per heavy atom. The number of benzene rings is 1. The minimum atomic E-state index is -4.27. The first-order valence-electron chi connectivity index (χ1n) is 3.57. The molecule has 0 radical (unpaired) electrons. The normalized spacial score (nSPS) is 10.9. The van der Waals surface area contributed by atoms with Gasteiger partial charge in [0.25, 0.3) is 0 Å². The topological polar surface area (TPSA) is 36.9 Å². The summed E-state index contributed by atoms with van der Waals surface area (Å²) in [6.07, 6.45) is -4.27. The second kappa shape index (κ2) is 5.19. The van der Waals surface area contributed by atoms with E-state index in [2.05, 4.69) is 10.7 Å². The SMILES string of the molecule is [Cl-].[NH3+]OCc1ccc(C(F)(F)F)cc1. The molecule has 0 bridgehead atoms. The van der Waals surface area contributed by atoms with Crippen LogP contribution in [0.25, 0.3) is 0 Å². The first-order chi connectivity index (χ1) is 6.04. The quantitative estimate of drug-likeness (QED) is 0.606. The molecule has 3 N–H and O–H groups in total. The Hall–Kier alpha value is -0.780. The van der Waals surface area contributed by atoms with Crippen LogP contribution < -0.4 is 18.3 Å². The zero-order valence-corrected chi connectivity index (χ0v) is 7.90. The van der Waals surface area contributed by atoms with Gasteiger partial charge in [-0.25, -0.2) is 10.7 Å². The molecule has 0 aliphatic carbocycles. The van der Waals surface area contributed by atoms with Gasteiger partial charge in [0.1, 0.15) is 6.61 Å². The molecule has 80 valence electrons. The van der Waals surface area contributed by atoms with Crippen molar-refractivity contribution in [3.8, 4) is 0 Å². The van der Waals surface area contributed by atoms with Gasteiger partial charge in [-0.2, -0.15) is 13.2 Å². The van der Waals surface area contributed by atoms with Crippen LogP contribution in [0.4, 0.5) is 13.2 Å². The Bertz CT molecular complexity index is 273. The third-order valence-electron chi connectivity index (χ3n) is 1.55. The molecule has 0 amide bonds. The van der Waals surface area contributed by atoms with Gasteiger partial charge in [0.05, 0.1) is 5.56 Å². The lowest BCUT2D eigenvalue weighted by Crippen LogP contribution is -3.00. The Balaban J connectivity index is 0.00000169. The van der Waals surface area contributed by atoms with Crippen LogP contribution in [0.3, 0.4) is 0 Å². The van der Waals surface area contributed by atoms with Gasteiger partial charge in [-0.15, -0.1) is 0 Å². The van der Waals surface area contributed by atoms with Crippen molar-refractivity contribution < 1.29 is 36.3 Å². The van der Waals surface area contributed by atoms with Crippen molar-refractivity contribution in [2.75, 3.05) is 0 Å². The van der Waals surface area contributed by atoms with Crippen LogP contribution in [0.1, 0.15) is 11.1 Å². The molecule has 0 spiro atoms. The highest BCUT2D eigenvalue weighted by atomic mass is 35.5. The predicted molar refractivity (Wildman–Crippen MR) is 39.1 cm³/mol. The summed E-state index contributed by atoms with van der Waals surface area (Å²) < 4.78 is 36.2. The lowest BCUT2D eigenvalue weighted by molar-refractivity contribution is -0.695. The molecule has 0 fully saturated rings. The number of hydrogen-bond donors (Lipinski definition) is 1. The maximum absolute atomic E-state index is 12.1. The minimum absolute atomic E-state index is 0. The number of alkyl halides is 3. The molecule has 0 aliphatic heterocycles. The van der Waals surface area contributed by atoms with Gasteiger partial charge in [-0.05, 0) is 17.7 Å². The van der Waals surface area contributed by atoms with Crippen molar-refractivity contribution in [2.45, 2.75) is 12.8 Å². The number of hydrogen-bond acceptors (Lipinski definition) is 1. The fraction of sp³-hybridized carbons (Fsp3) is 0.250. The standard InChI is InChI=1S/C8H9F3NO.ClH/c9-8(10,11)7-3-1-6(2-4-7)5-13-12;/h1-4H,5H2,12H3;1H/q+1;/p-1. The molecule has 0 aromatic heterocycles. The maximum atomic E-state index is 12.1. The van der Waals surface area contributed by atoms with Crippen molar-refractivity contribution in [3.05, 3.63) is 35.4 Å². The van der Waals surface area contributed by atoms with E-state index in [1.807, 2.05) is 0 Å². The highest BCUT2D eigenvalue weighted by molar-refractivity contribution is 5.23. The van der Waals surface area contributed by atoms with Crippen LogP contribution in [0, 0.1) is 0 Å². The van der Waals surface area contributed by atoms with Crippen molar-refractivity contribution in [1.82, 2.24) is 0 Å². The third-order valence-corrected chi connectivity index (χ3v) is 1.55. The summed E-state index contributed by atoms with van der Waals surface area (Å²) in [5.41, 5.74) is 0.0170. The van der Waals surface area contributed by atoms with Crippen LogP contribution in [-0.2, 0) is 17.6 Å². The Morgan fingerprint density at radius 1 is 1.14 bits per heavy atom. The van der Waals surface area contributed by atoms with Crippen molar-refractivity contribution in [3.63, 3.8) is 0 Å². The van der Waals surface area contributed by atoms with E-state index in [0.29, 0.717) is 5.56 Å². The molecule has 14 heavy (non-hydrogen) atoms. The molecule has 1 aromatic rings. The van der Waals surface area contributed by atoms with Gasteiger partial charge < -0.3 is 12.4 Å². The molecule has 1 rings (SSSR count). The molecular weight excluding hydrogens is 219 g/mol. The monoisotopic (exact) mass is 227 g/mol. The van der Waals surface area contributed by atoms with Gasteiger partial charge in [0.2, 0.25) is 0 Å². The fourth-order valence-electron chi connectivity index (χ4n) is 0.908. The third kappa shape index (κ3) is 3.53. The summed E-state index contributed by atoms with van der Waals surface area (Å²) in [5.74, 6) is 3.13. The average Bonchev–Trinajstić information content (AvgIpc) is 2.04. The van der Waals surface area contributed by atoms with Crippen molar-refractivity contribution in [1.29, 1.82) is 0 Å². The lowest BCUT2D eigenvalue weighted by atomic mass is 10.1.